The van der Waals surface area contributed by atoms with E-state index in [1.807, 2.05) is 0 Å². The molecule has 1 aliphatic rings. The van der Waals surface area contributed by atoms with Crippen molar-refractivity contribution >= 4 is 21.8 Å². The van der Waals surface area contributed by atoms with Crippen LogP contribution in [0.1, 0.15) is 74.6 Å². The highest BCUT2D eigenvalue weighted by Crippen LogP contribution is 2.15. The van der Waals surface area contributed by atoms with E-state index in [0.717, 1.165) is 12.8 Å². The molecular weight excluding hydrogens is 445 g/mol. The topological polar surface area (TPSA) is 35.6 Å². The van der Waals surface area contributed by atoms with Gasteiger partial charge in [0, 0.05) is 37.2 Å². The van der Waals surface area contributed by atoms with Crippen molar-refractivity contribution in [3.8, 4) is 0 Å². The number of piperazine rings is 1. The highest BCUT2D eigenvalue weighted by atomic mass is 79.9. The third-order valence-corrected chi connectivity index (χ3v) is 6.45. The minimum atomic E-state index is -0.485. The highest BCUT2D eigenvalue weighted by Gasteiger charge is 2.12. The second kappa shape index (κ2) is 14.9. The Kier molecular flexibility index (Phi) is 12.6. The maximum atomic E-state index is 13.8. The Morgan fingerprint density at radius 2 is 1.50 bits per heavy atom. The lowest BCUT2D eigenvalue weighted by Crippen LogP contribution is -2.44. The molecule has 6 heteroatoms. The smallest absolute Gasteiger partial charge is 0.254 e. The number of benzene rings is 1. The van der Waals surface area contributed by atoms with Gasteiger partial charge in [-0.2, -0.15) is 0 Å². The van der Waals surface area contributed by atoms with Crippen molar-refractivity contribution < 1.29 is 9.18 Å². The molecular formula is C24H39BrFN3O. The van der Waals surface area contributed by atoms with Gasteiger partial charge in [0.25, 0.3) is 5.91 Å². The first kappa shape index (κ1) is 25.3. The Morgan fingerprint density at radius 1 is 0.933 bits per heavy atom. The Balaban J connectivity index is 1.34. The van der Waals surface area contributed by atoms with E-state index in [4.69, 9.17) is 0 Å². The van der Waals surface area contributed by atoms with Gasteiger partial charge in [-0.25, -0.2) is 4.39 Å². The average molecular weight is 484 g/mol. The Hall–Kier alpha value is -0.980. The van der Waals surface area contributed by atoms with Gasteiger partial charge >= 0.3 is 0 Å². The number of likely N-dealkylation sites (N-methyl/N-ethyl adjacent to an activating group) is 1. The number of hydrogen-bond donors (Lipinski definition) is 1. The molecule has 30 heavy (non-hydrogen) atoms. The number of amides is 1. The van der Waals surface area contributed by atoms with Gasteiger partial charge in [-0.3, -0.25) is 4.79 Å². The number of halogens is 2. The van der Waals surface area contributed by atoms with Gasteiger partial charge in [-0.15, -0.1) is 0 Å². The van der Waals surface area contributed by atoms with Crippen LogP contribution in [0.4, 0.5) is 4.39 Å². The molecule has 0 aromatic heterocycles. The molecule has 1 amide bonds. The van der Waals surface area contributed by atoms with E-state index in [2.05, 4.69) is 38.1 Å². The first-order chi connectivity index (χ1) is 14.6. The molecule has 1 aliphatic heterocycles. The first-order valence-corrected chi connectivity index (χ1v) is 12.5. The molecule has 1 heterocycles. The zero-order valence-electron chi connectivity index (χ0n) is 18.6. The fraction of sp³-hybridized carbons (Fsp3) is 0.708. The van der Waals surface area contributed by atoms with Crippen molar-refractivity contribution in [1.82, 2.24) is 15.1 Å². The molecule has 0 atom stereocenters. The van der Waals surface area contributed by atoms with E-state index in [1.165, 1.54) is 96.2 Å². The van der Waals surface area contributed by atoms with Crippen LogP contribution in [0.2, 0.25) is 0 Å². The zero-order chi connectivity index (χ0) is 21.6. The maximum absolute atomic E-state index is 13.8. The van der Waals surface area contributed by atoms with Crippen molar-refractivity contribution in [1.29, 1.82) is 0 Å². The van der Waals surface area contributed by atoms with Crippen molar-refractivity contribution in [3.63, 3.8) is 0 Å². The number of carbonyl (C=O) groups excluding carboxylic acids is 1. The summed E-state index contributed by atoms with van der Waals surface area (Å²) in [5, 5.41) is 2.82. The van der Waals surface area contributed by atoms with Crippen LogP contribution in [0.25, 0.3) is 0 Å². The van der Waals surface area contributed by atoms with Crippen LogP contribution in [-0.2, 0) is 0 Å². The lowest BCUT2D eigenvalue weighted by atomic mass is 10.1. The summed E-state index contributed by atoms with van der Waals surface area (Å²) in [5.74, 6) is -0.811. The molecule has 0 spiro atoms. The van der Waals surface area contributed by atoms with Crippen molar-refractivity contribution in [2.45, 2.75) is 64.2 Å². The molecule has 1 N–H and O–H groups in total. The lowest BCUT2D eigenvalue weighted by molar-refractivity contribution is 0.0949. The number of hydrogen-bond acceptors (Lipinski definition) is 3. The number of rotatable bonds is 14. The molecule has 0 bridgehead atoms. The normalized spacial score (nSPS) is 15.4. The van der Waals surface area contributed by atoms with Gasteiger partial charge in [-0.05, 0) is 44.6 Å². The Bertz CT molecular complexity index is 620. The molecule has 0 saturated carbocycles. The van der Waals surface area contributed by atoms with Crippen molar-refractivity contribution in [3.05, 3.63) is 34.1 Å². The molecule has 0 radical (unpaired) electrons. The molecule has 1 aromatic rings. The van der Waals surface area contributed by atoms with Crippen LogP contribution in [0, 0.1) is 5.82 Å². The highest BCUT2D eigenvalue weighted by molar-refractivity contribution is 9.10. The Labute approximate surface area is 190 Å². The SMILES string of the molecule is CN1CCN(CCCCCCCCCCCCNC(=O)c2ccc(Br)cc2F)CC1. The molecule has 1 saturated heterocycles. The summed E-state index contributed by atoms with van der Waals surface area (Å²) in [6.45, 7) is 6.80. The van der Waals surface area contributed by atoms with E-state index >= 15 is 0 Å². The van der Waals surface area contributed by atoms with Gasteiger partial charge in [-0.1, -0.05) is 67.3 Å². The van der Waals surface area contributed by atoms with Crippen LogP contribution in [-0.4, -0.2) is 62.0 Å². The number of unbranched alkanes of at least 4 members (excludes halogenated alkanes) is 9. The molecule has 170 valence electrons. The molecule has 0 unspecified atom stereocenters. The van der Waals surface area contributed by atoms with Crippen molar-refractivity contribution in [2.75, 3.05) is 46.3 Å². The first-order valence-electron chi connectivity index (χ1n) is 11.7. The molecule has 4 nitrogen and oxygen atoms in total. The third kappa shape index (κ3) is 10.4. The summed E-state index contributed by atoms with van der Waals surface area (Å²) < 4.78 is 14.4. The molecule has 2 rings (SSSR count). The second-order valence-electron chi connectivity index (χ2n) is 8.56. The quantitative estimate of drug-likeness (QED) is 0.356. The molecule has 1 aromatic carbocycles. The fourth-order valence-electron chi connectivity index (χ4n) is 3.92. The van der Waals surface area contributed by atoms with Crippen LogP contribution in [0.15, 0.2) is 22.7 Å². The summed E-state index contributed by atoms with van der Waals surface area (Å²) in [6.07, 6.45) is 12.7. The maximum Gasteiger partial charge on any atom is 0.254 e. The minimum absolute atomic E-state index is 0.113. The van der Waals surface area contributed by atoms with E-state index in [0.29, 0.717) is 11.0 Å². The number of carbonyl (C=O) groups is 1. The fourth-order valence-corrected chi connectivity index (χ4v) is 4.25. The van der Waals surface area contributed by atoms with E-state index in [1.54, 1.807) is 6.07 Å². The average Bonchev–Trinajstić information content (AvgIpc) is 2.72. The van der Waals surface area contributed by atoms with Crippen LogP contribution in [0.5, 0.6) is 0 Å². The van der Waals surface area contributed by atoms with E-state index < -0.39 is 5.82 Å². The number of nitrogens with zero attached hydrogens (tertiary/aromatic N) is 2. The van der Waals surface area contributed by atoms with Gasteiger partial charge < -0.3 is 15.1 Å². The lowest BCUT2D eigenvalue weighted by Gasteiger charge is -2.32. The molecule has 0 aliphatic carbocycles. The standard InChI is InChI=1S/C24H39BrFN3O/c1-28-16-18-29(19-17-28)15-11-9-7-5-3-2-4-6-8-10-14-27-24(30)22-13-12-21(25)20-23(22)26/h12-13,20H,2-11,14-19H2,1H3,(H,27,30). The van der Waals surface area contributed by atoms with E-state index in [9.17, 15) is 9.18 Å². The second-order valence-corrected chi connectivity index (χ2v) is 9.48. The minimum Gasteiger partial charge on any atom is -0.352 e. The predicted molar refractivity (Wildman–Crippen MR) is 127 cm³/mol. The van der Waals surface area contributed by atoms with Gasteiger partial charge in [0.15, 0.2) is 0 Å². The van der Waals surface area contributed by atoms with Crippen LogP contribution < -0.4 is 5.32 Å². The Morgan fingerprint density at radius 3 is 2.10 bits per heavy atom. The van der Waals surface area contributed by atoms with Gasteiger partial charge in [0.05, 0.1) is 5.56 Å². The van der Waals surface area contributed by atoms with Gasteiger partial charge in [0.2, 0.25) is 0 Å². The number of nitrogens with one attached hydrogen (secondary N) is 1. The van der Waals surface area contributed by atoms with Crippen LogP contribution >= 0.6 is 15.9 Å². The largest absolute Gasteiger partial charge is 0.352 e. The molecule has 1 fully saturated rings. The summed E-state index contributed by atoms with van der Waals surface area (Å²) in [4.78, 5) is 17.0. The van der Waals surface area contributed by atoms with E-state index in [-0.39, 0.29) is 11.5 Å². The monoisotopic (exact) mass is 483 g/mol. The summed E-state index contributed by atoms with van der Waals surface area (Å²) >= 11 is 3.20. The van der Waals surface area contributed by atoms with Crippen LogP contribution in [0.3, 0.4) is 0 Å². The summed E-state index contributed by atoms with van der Waals surface area (Å²) in [6, 6.07) is 4.52. The predicted octanol–water partition coefficient (Wildman–Crippen LogP) is 5.47. The zero-order valence-corrected chi connectivity index (χ0v) is 20.2. The summed E-state index contributed by atoms with van der Waals surface area (Å²) in [5.41, 5.74) is 0.113. The van der Waals surface area contributed by atoms with Gasteiger partial charge in [0.1, 0.15) is 5.82 Å². The summed E-state index contributed by atoms with van der Waals surface area (Å²) in [7, 11) is 2.21. The van der Waals surface area contributed by atoms with Crippen molar-refractivity contribution in [2.24, 2.45) is 0 Å². The third-order valence-electron chi connectivity index (χ3n) is 5.96.